The summed E-state index contributed by atoms with van der Waals surface area (Å²) in [6.07, 6.45) is 3.13. The molecule has 3 heterocycles. The van der Waals surface area contributed by atoms with Gasteiger partial charge in [-0.25, -0.2) is 0 Å². The van der Waals surface area contributed by atoms with E-state index < -0.39 is 11.7 Å². The Kier molecular flexibility index (Phi) is 5.25. The van der Waals surface area contributed by atoms with Gasteiger partial charge < -0.3 is 19.5 Å². The predicted octanol–water partition coefficient (Wildman–Crippen LogP) is 2.78. The first-order valence-electron chi connectivity index (χ1n) is 10.3. The molecule has 1 saturated heterocycles. The van der Waals surface area contributed by atoms with Crippen LogP contribution in [-0.2, 0) is 11.3 Å². The number of carbonyl (C=O) groups is 1. The van der Waals surface area contributed by atoms with Crippen LogP contribution in [0.5, 0.6) is 11.5 Å². The van der Waals surface area contributed by atoms with Crippen molar-refractivity contribution in [1.29, 1.82) is 0 Å². The molecule has 1 amide bonds. The fourth-order valence-electron chi connectivity index (χ4n) is 4.28. The second-order valence-corrected chi connectivity index (χ2v) is 8.18. The molecule has 156 valence electrons. The van der Waals surface area contributed by atoms with Crippen molar-refractivity contribution in [2.75, 3.05) is 19.7 Å². The van der Waals surface area contributed by atoms with E-state index in [1.807, 2.05) is 50.1 Å². The molecule has 7 nitrogen and oxygen atoms in total. The SMILES string of the molecule is CCn1cc2c(n1)C(O)CC1(CCN(C(=O)COc3ccc(C)cc3C)CC1)O2. The topological polar surface area (TPSA) is 76.8 Å². The lowest BCUT2D eigenvalue weighted by Gasteiger charge is -2.44. The van der Waals surface area contributed by atoms with Crippen molar-refractivity contribution in [2.24, 2.45) is 0 Å². The van der Waals surface area contributed by atoms with Gasteiger partial charge in [-0.3, -0.25) is 9.48 Å². The second-order valence-electron chi connectivity index (χ2n) is 8.18. The summed E-state index contributed by atoms with van der Waals surface area (Å²) in [6.45, 7) is 7.99. The standard InChI is InChI=1S/C22H29N3O4/c1-4-25-13-19-21(23-25)17(26)12-22(29-19)7-9-24(10-8-22)20(27)14-28-18-6-5-15(2)11-16(18)3/h5-6,11,13,17,26H,4,7-10,12,14H2,1-3H3. The number of aromatic nitrogens is 2. The average molecular weight is 399 g/mol. The highest BCUT2D eigenvalue weighted by Gasteiger charge is 2.44. The van der Waals surface area contributed by atoms with E-state index >= 15 is 0 Å². The Labute approximate surface area is 171 Å². The molecule has 1 N–H and O–H groups in total. The zero-order chi connectivity index (χ0) is 20.6. The molecule has 2 aliphatic rings. The van der Waals surface area contributed by atoms with Crippen LogP contribution in [0.3, 0.4) is 0 Å². The number of fused-ring (bicyclic) bond motifs is 1. The van der Waals surface area contributed by atoms with E-state index in [0.717, 1.165) is 17.9 Å². The largest absolute Gasteiger partial charge is 0.484 e. The van der Waals surface area contributed by atoms with Crippen molar-refractivity contribution in [1.82, 2.24) is 14.7 Å². The minimum absolute atomic E-state index is 0.0179. The van der Waals surface area contributed by atoms with E-state index in [9.17, 15) is 9.90 Å². The zero-order valence-corrected chi connectivity index (χ0v) is 17.4. The third-order valence-corrected chi connectivity index (χ3v) is 6.00. The molecule has 4 rings (SSSR count). The number of likely N-dealkylation sites (tertiary alicyclic amines) is 1. The summed E-state index contributed by atoms with van der Waals surface area (Å²) in [5.74, 6) is 1.40. The second kappa shape index (κ2) is 7.71. The molecule has 1 aromatic carbocycles. The van der Waals surface area contributed by atoms with Crippen LogP contribution in [0, 0.1) is 13.8 Å². The van der Waals surface area contributed by atoms with E-state index in [4.69, 9.17) is 9.47 Å². The number of hydrogen-bond acceptors (Lipinski definition) is 5. The molecule has 1 unspecified atom stereocenters. The lowest BCUT2D eigenvalue weighted by Crippen LogP contribution is -2.52. The number of nitrogens with zero attached hydrogens (tertiary/aromatic N) is 3. The molecule has 0 aliphatic carbocycles. The van der Waals surface area contributed by atoms with Crippen molar-refractivity contribution in [3.05, 3.63) is 41.2 Å². The maximum Gasteiger partial charge on any atom is 0.260 e. The number of ether oxygens (including phenoxy) is 2. The Morgan fingerprint density at radius 2 is 2.10 bits per heavy atom. The van der Waals surface area contributed by atoms with Gasteiger partial charge in [0.15, 0.2) is 12.4 Å². The summed E-state index contributed by atoms with van der Waals surface area (Å²) < 4.78 is 13.8. The maximum absolute atomic E-state index is 12.6. The Hall–Kier alpha value is -2.54. The molecule has 1 spiro atoms. The first-order valence-corrected chi connectivity index (χ1v) is 10.3. The molecule has 1 aromatic heterocycles. The summed E-state index contributed by atoms with van der Waals surface area (Å²) in [4.78, 5) is 14.5. The fraction of sp³-hybridized carbons (Fsp3) is 0.545. The summed E-state index contributed by atoms with van der Waals surface area (Å²) in [5.41, 5.74) is 2.39. The summed E-state index contributed by atoms with van der Waals surface area (Å²) >= 11 is 0. The number of benzene rings is 1. The number of carbonyl (C=O) groups excluding carboxylic acids is 1. The lowest BCUT2D eigenvalue weighted by molar-refractivity contribution is -0.138. The van der Waals surface area contributed by atoms with Crippen LogP contribution in [0.1, 0.15) is 49.1 Å². The molecule has 2 aliphatic heterocycles. The van der Waals surface area contributed by atoms with Crippen LogP contribution in [0.2, 0.25) is 0 Å². The maximum atomic E-state index is 12.6. The number of rotatable bonds is 4. The van der Waals surface area contributed by atoms with E-state index in [1.54, 1.807) is 4.68 Å². The van der Waals surface area contributed by atoms with E-state index in [-0.39, 0.29) is 12.5 Å². The van der Waals surface area contributed by atoms with Gasteiger partial charge in [-0.2, -0.15) is 5.10 Å². The minimum Gasteiger partial charge on any atom is -0.484 e. The Morgan fingerprint density at radius 3 is 2.79 bits per heavy atom. The molecule has 1 fully saturated rings. The quantitative estimate of drug-likeness (QED) is 0.856. The van der Waals surface area contributed by atoms with E-state index in [0.29, 0.717) is 43.8 Å². The predicted molar refractivity (Wildman–Crippen MR) is 108 cm³/mol. The van der Waals surface area contributed by atoms with Gasteiger partial charge >= 0.3 is 0 Å². The van der Waals surface area contributed by atoms with Gasteiger partial charge in [-0.15, -0.1) is 0 Å². The Bertz CT molecular complexity index is 899. The average Bonchev–Trinajstić information content (AvgIpc) is 3.11. The van der Waals surface area contributed by atoms with Gasteiger partial charge in [0.25, 0.3) is 5.91 Å². The van der Waals surface area contributed by atoms with Gasteiger partial charge in [0.1, 0.15) is 23.1 Å². The van der Waals surface area contributed by atoms with Crippen LogP contribution < -0.4 is 9.47 Å². The summed E-state index contributed by atoms with van der Waals surface area (Å²) in [5, 5.41) is 15.0. The zero-order valence-electron chi connectivity index (χ0n) is 17.4. The fourth-order valence-corrected chi connectivity index (χ4v) is 4.28. The highest BCUT2D eigenvalue weighted by atomic mass is 16.5. The smallest absolute Gasteiger partial charge is 0.260 e. The highest BCUT2D eigenvalue weighted by molar-refractivity contribution is 5.78. The van der Waals surface area contributed by atoms with Crippen LogP contribution >= 0.6 is 0 Å². The van der Waals surface area contributed by atoms with Gasteiger partial charge in [0.05, 0.1) is 6.20 Å². The van der Waals surface area contributed by atoms with Crippen molar-refractivity contribution in [3.8, 4) is 11.5 Å². The third kappa shape index (κ3) is 3.96. The monoisotopic (exact) mass is 399 g/mol. The van der Waals surface area contributed by atoms with Crippen molar-refractivity contribution < 1.29 is 19.4 Å². The van der Waals surface area contributed by atoms with Crippen molar-refractivity contribution in [2.45, 2.75) is 58.3 Å². The van der Waals surface area contributed by atoms with E-state index in [1.165, 1.54) is 5.56 Å². The Balaban J connectivity index is 1.34. The van der Waals surface area contributed by atoms with Crippen LogP contribution in [-0.4, -0.2) is 51.0 Å². The number of hydrogen-bond donors (Lipinski definition) is 1. The molecule has 0 radical (unpaired) electrons. The lowest BCUT2D eigenvalue weighted by atomic mass is 9.83. The van der Waals surface area contributed by atoms with Crippen LogP contribution in [0.15, 0.2) is 24.4 Å². The van der Waals surface area contributed by atoms with Crippen LogP contribution in [0.25, 0.3) is 0 Å². The molecule has 29 heavy (non-hydrogen) atoms. The molecule has 2 aromatic rings. The molecule has 0 saturated carbocycles. The number of aliphatic hydroxyl groups excluding tert-OH is 1. The number of amides is 1. The molecular weight excluding hydrogens is 370 g/mol. The third-order valence-electron chi connectivity index (χ3n) is 6.00. The number of aryl methyl sites for hydroxylation is 3. The highest BCUT2D eigenvalue weighted by Crippen LogP contribution is 2.43. The minimum atomic E-state index is -0.623. The molecule has 1 atom stereocenters. The summed E-state index contributed by atoms with van der Waals surface area (Å²) in [6, 6.07) is 5.94. The van der Waals surface area contributed by atoms with Gasteiger partial charge in [-0.1, -0.05) is 17.7 Å². The first-order chi connectivity index (χ1) is 13.9. The normalized spacial score (nSPS) is 20.3. The van der Waals surface area contributed by atoms with Gasteiger partial charge in [0.2, 0.25) is 0 Å². The Morgan fingerprint density at radius 1 is 1.34 bits per heavy atom. The molecular formula is C22H29N3O4. The molecule has 0 bridgehead atoms. The first kappa shape index (κ1) is 19.8. The van der Waals surface area contributed by atoms with Crippen molar-refractivity contribution >= 4 is 5.91 Å². The van der Waals surface area contributed by atoms with Gasteiger partial charge in [-0.05, 0) is 32.4 Å². The van der Waals surface area contributed by atoms with Crippen molar-refractivity contribution in [3.63, 3.8) is 0 Å². The van der Waals surface area contributed by atoms with E-state index in [2.05, 4.69) is 5.10 Å². The molecule has 7 heteroatoms. The van der Waals surface area contributed by atoms with Gasteiger partial charge in [0, 0.05) is 38.9 Å². The summed E-state index contributed by atoms with van der Waals surface area (Å²) in [7, 11) is 0. The number of piperidine rings is 1. The number of aliphatic hydroxyl groups is 1. The van der Waals surface area contributed by atoms with Crippen LogP contribution in [0.4, 0.5) is 0 Å².